The second-order valence-electron chi connectivity index (χ2n) is 6.44. The topological polar surface area (TPSA) is 78.6 Å². The van der Waals surface area contributed by atoms with E-state index in [0.717, 1.165) is 16.8 Å². The van der Waals surface area contributed by atoms with Crippen LogP contribution >= 0.6 is 0 Å². The van der Waals surface area contributed by atoms with Crippen molar-refractivity contribution in [2.24, 2.45) is 0 Å². The third kappa shape index (κ3) is 3.73. The first-order chi connectivity index (χ1) is 14.2. The van der Waals surface area contributed by atoms with Gasteiger partial charge in [-0.3, -0.25) is 4.90 Å². The van der Waals surface area contributed by atoms with Gasteiger partial charge in [0.15, 0.2) is 5.82 Å². The molecule has 4 rings (SSSR count). The van der Waals surface area contributed by atoms with Crippen LogP contribution in [0.2, 0.25) is 0 Å². The largest absolute Gasteiger partial charge is 0.573 e. The van der Waals surface area contributed by atoms with Crippen molar-refractivity contribution >= 4 is 11.7 Å². The smallest absolute Gasteiger partial charge is 0.497 e. The quantitative estimate of drug-likeness (QED) is 0.634. The van der Waals surface area contributed by atoms with Crippen molar-refractivity contribution in [2.75, 3.05) is 12.0 Å². The van der Waals surface area contributed by atoms with Crippen LogP contribution in [-0.2, 0) is 13.1 Å². The number of rotatable bonds is 5. The number of hydrogen-bond acceptors (Lipinski definition) is 5. The zero-order valence-corrected chi connectivity index (χ0v) is 15.6. The van der Waals surface area contributed by atoms with Gasteiger partial charge in [-0.2, -0.15) is 9.67 Å². The minimum atomic E-state index is -4.79. The molecular weight excluding hydrogens is 405 g/mol. The fourth-order valence-corrected chi connectivity index (χ4v) is 3.17. The summed E-state index contributed by atoms with van der Waals surface area (Å²) in [7, 11) is 1.51. The molecule has 1 aliphatic rings. The van der Waals surface area contributed by atoms with Gasteiger partial charge >= 0.3 is 18.1 Å². The molecule has 30 heavy (non-hydrogen) atoms. The maximum atomic E-state index is 12.9. The molecule has 0 radical (unpaired) electrons. The van der Waals surface area contributed by atoms with E-state index in [0.29, 0.717) is 17.0 Å². The minimum Gasteiger partial charge on any atom is -0.497 e. The molecule has 8 nitrogen and oxygen atoms in total. The summed E-state index contributed by atoms with van der Waals surface area (Å²) in [4.78, 5) is 30.6. The molecule has 156 valence electrons. The Bertz CT molecular complexity index is 1150. The molecule has 0 unspecified atom stereocenters. The van der Waals surface area contributed by atoms with Gasteiger partial charge in [0.1, 0.15) is 11.5 Å². The van der Waals surface area contributed by atoms with Crippen LogP contribution in [0.1, 0.15) is 11.4 Å². The number of amides is 1. The van der Waals surface area contributed by atoms with Crippen LogP contribution in [0.25, 0.3) is 0 Å². The van der Waals surface area contributed by atoms with Crippen molar-refractivity contribution in [1.82, 2.24) is 14.3 Å². The number of anilines is 1. The van der Waals surface area contributed by atoms with Crippen LogP contribution in [0.3, 0.4) is 0 Å². The van der Waals surface area contributed by atoms with Crippen LogP contribution in [-0.4, -0.2) is 33.9 Å². The summed E-state index contributed by atoms with van der Waals surface area (Å²) in [5.74, 6) is 0.464. The fraction of sp³-hybridized carbons (Fsp3) is 0.211. The zero-order chi connectivity index (χ0) is 21.5. The van der Waals surface area contributed by atoms with E-state index in [1.165, 1.54) is 28.8 Å². The van der Waals surface area contributed by atoms with Gasteiger partial charge in [-0.1, -0.05) is 18.2 Å². The van der Waals surface area contributed by atoms with E-state index in [1.807, 2.05) is 0 Å². The predicted octanol–water partition coefficient (Wildman–Crippen LogP) is 2.99. The van der Waals surface area contributed by atoms with E-state index >= 15 is 0 Å². The first kappa shape index (κ1) is 19.6. The summed E-state index contributed by atoms with van der Waals surface area (Å²) < 4.78 is 48.2. The summed E-state index contributed by atoms with van der Waals surface area (Å²) in [6, 6.07) is 11.5. The maximum absolute atomic E-state index is 12.9. The Kier molecular flexibility index (Phi) is 4.72. The highest BCUT2D eigenvalue weighted by Gasteiger charge is 2.34. The lowest BCUT2D eigenvalue weighted by atomic mass is 10.2. The van der Waals surface area contributed by atoms with Crippen LogP contribution in [0.5, 0.6) is 11.5 Å². The Hall–Kier alpha value is -3.76. The fourth-order valence-electron chi connectivity index (χ4n) is 3.17. The van der Waals surface area contributed by atoms with Gasteiger partial charge in [0.2, 0.25) is 0 Å². The van der Waals surface area contributed by atoms with E-state index in [-0.39, 0.29) is 24.7 Å². The first-order valence-corrected chi connectivity index (χ1v) is 8.74. The van der Waals surface area contributed by atoms with Crippen LogP contribution < -0.4 is 20.1 Å². The maximum Gasteiger partial charge on any atom is 0.573 e. The Morgan fingerprint density at radius 1 is 1.07 bits per heavy atom. The van der Waals surface area contributed by atoms with Crippen molar-refractivity contribution in [3.63, 3.8) is 0 Å². The number of benzene rings is 2. The highest BCUT2D eigenvalue weighted by molar-refractivity contribution is 5.95. The number of aromatic nitrogens is 3. The Balaban J connectivity index is 1.58. The summed E-state index contributed by atoms with van der Waals surface area (Å²) in [5, 5.41) is 0. The van der Waals surface area contributed by atoms with E-state index in [1.54, 1.807) is 24.3 Å². The number of nitrogens with zero attached hydrogens (tertiary/aromatic N) is 4. The van der Waals surface area contributed by atoms with Gasteiger partial charge in [0.05, 0.1) is 20.2 Å². The van der Waals surface area contributed by atoms with Crippen LogP contribution in [0.4, 0.5) is 23.7 Å². The number of fused-ring (bicyclic) bond motifs is 1. The molecule has 2 aromatic carbocycles. The van der Waals surface area contributed by atoms with Crippen molar-refractivity contribution in [2.45, 2.75) is 19.5 Å². The molecule has 0 spiro atoms. The molecule has 0 bridgehead atoms. The molecule has 0 aliphatic carbocycles. The van der Waals surface area contributed by atoms with Crippen LogP contribution in [0.15, 0.2) is 53.3 Å². The van der Waals surface area contributed by atoms with Gasteiger partial charge in [-0.05, 0) is 29.8 Å². The molecule has 11 heteroatoms. The van der Waals surface area contributed by atoms with Crippen molar-refractivity contribution < 1.29 is 27.4 Å². The number of carbonyl (C=O) groups excluding carboxylic acids is 1. The molecule has 1 aromatic heterocycles. The molecule has 0 atom stereocenters. The first-order valence-electron chi connectivity index (χ1n) is 8.74. The highest BCUT2D eigenvalue weighted by Crippen LogP contribution is 2.27. The van der Waals surface area contributed by atoms with Gasteiger partial charge in [-0.15, -0.1) is 13.2 Å². The number of halogens is 3. The van der Waals surface area contributed by atoms with E-state index in [4.69, 9.17) is 4.74 Å². The van der Waals surface area contributed by atoms with Crippen molar-refractivity contribution in [3.05, 3.63) is 70.4 Å². The average molecular weight is 420 g/mol. The monoisotopic (exact) mass is 420 g/mol. The normalized spacial score (nSPS) is 13.5. The van der Waals surface area contributed by atoms with E-state index < -0.39 is 18.1 Å². The number of alkyl halides is 3. The number of ether oxygens (including phenoxy) is 2. The minimum absolute atomic E-state index is 0.0458. The lowest BCUT2D eigenvalue weighted by Crippen LogP contribution is -2.34. The Morgan fingerprint density at radius 3 is 2.47 bits per heavy atom. The number of carbonyl (C=O) groups is 1. The Morgan fingerprint density at radius 2 is 1.80 bits per heavy atom. The number of methoxy groups -OCH3 is 1. The zero-order valence-electron chi connectivity index (χ0n) is 15.6. The average Bonchev–Trinajstić information content (AvgIpc) is 3.18. The molecule has 0 N–H and O–H groups in total. The lowest BCUT2D eigenvalue weighted by molar-refractivity contribution is -0.274. The second-order valence-corrected chi connectivity index (χ2v) is 6.44. The molecule has 1 aliphatic heterocycles. The molecule has 3 aromatic rings. The number of hydrogen-bond donors (Lipinski definition) is 0. The summed E-state index contributed by atoms with van der Waals surface area (Å²) >= 11 is 0. The van der Waals surface area contributed by atoms with Crippen LogP contribution in [0, 0.1) is 0 Å². The standard InChI is InChI=1S/C19H15F3N4O4/c1-29-15-4-2-3-13(9-15)24-11-16-23-17(27)25(26(16)18(24)28)10-12-5-7-14(8-6-12)30-19(20,21)22/h2-9H,10-11H2,1H3. The van der Waals surface area contributed by atoms with Crippen molar-refractivity contribution in [3.8, 4) is 11.5 Å². The highest BCUT2D eigenvalue weighted by atomic mass is 19.4. The van der Waals surface area contributed by atoms with E-state index in [2.05, 4.69) is 9.72 Å². The Labute approximate surface area is 167 Å². The third-order valence-electron chi connectivity index (χ3n) is 4.50. The van der Waals surface area contributed by atoms with Gasteiger partial charge in [0.25, 0.3) is 0 Å². The molecule has 0 saturated heterocycles. The molecule has 1 amide bonds. The molecule has 0 fully saturated rings. The van der Waals surface area contributed by atoms with E-state index in [9.17, 15) is 22.8 Å². The molecular formula is C19H15F3N4O4. The SMILES string of the molecule is COc1cccc(N2Cc3nc(=O)n(Cc4ccc(OC(F)(F)F)cc4)n3C2=O)c1. The summed E-state index contributed by atoms with van der Waals surface area (Å²) in [6.07, 6.45) is -4.79. The molecule has 2 heterocycles. The molecule has 0 saturated carbocycles. The lowest BCUT2D eigenvalue weighted by Gasteiger charge is -2.16. The van der Waals surface area contributed by atoms with Gasteiger partial charge < -0.3 is 9.47 Å². The summed E-state index contributed by atoms with van der Waals surface area (Å²) in [5.41, 5.74) is 0.457. The summed E-state index contributed by atoms with van der Waals surface area (Å²) in [6.45, 7) is 0.0580. The van der Waals surface area contributed by atoms with Crippen molar-refractivity contribution in [1.29, 1.82) is 0 Å². The second kappa shape index (κ2) is 7.25. The van der Waals surface area contributed by atoms with Gasteiger partial charge in [-0.25, -0.2) is 14.3 Å². The predicted molar refractivity (Wildman–Crippen MR) is 98.7 cm³/mol. The van der Waals surface area contributed by atoms with Gasteiger partial charge in [0, 0.05) is 11.8 Å². The third-order valence-corrected chi connectivity index (χ3v) is 4.50.